The van der Waals surface area contributed by atoms with Gasteiger partial charge >= 0.3 is 0 Å². The van der Waals surface area contributed by atoms with E-state index >= 15 is 0 Å². The van der Waals surface area contributed by atoms with Crippen molar-refractivity contribution in [2.75, 3.05) is 0 Å². The first-order valence-corrected chi connectivity index (χ1v) is 7.55. The van der Waals surface area contributed by atoms with Crippen LogP contribution in [0.5, 0.6) is 0 Å². The van der Waals surface area contributed by atoms with Crippen molar-refractivity contribution in [3.63, 3.8) is 0 Å². The predicted molar refractivity (Wildman–Crippen MR) is 75.6 cm³/mol. The maximum Gasteiger partial charge on any atom is 0.268 e. The molecule has 18 heavy (non-hydrogen) atoms. The van der Waals surface area contributed by atoms with E-state index < -0.39 is 4.75 Å². The number of amidine groups is 1. The van der Waals surface area contributed by atoms with E-state index in [4.69, 9.17) is 0 Å². The number of carbonyl (C=O) groups excluding carboxylic acids is 1. The Hall–Kier alpha value is -0.770. The molecule has 0 saturated heterocycles. The van der Waals surface area contributed by atoms with Gasteiger partial charge in [0, 0.05) is 6.04 Å². The van der Waals surface area contributed by atoms with Crippen molar-refractivity contribution in [1.82, 2.24) is 5.32 Å². The molecule has 0 aromatic heterocycles. The Balaban J connectivity index is 1.67. The van der Waals surface area contributed by atoms with E-state index in [2.05, 4.69) is 16.9 Å². The summed E-state index contributed by atoms with van der Waals surface area (Å²) >= 11 is 1.53. The summed E-state index contributed by atoms with van der Waals surface area (Å²) in [5.74, 6) is 1.64. The summed E-state index contributed by atoms with van der Waals surface area (Å²) < 4.78 is -0.556. The third-order valence-corrected chi connectivity index (χ3v) is 6.11. The fourth-order valence-corrected chi connectivity index (χ4v) is 4.40. The molecular formula is C14H20N2OS. The zero-order valence-electron chi connectivity index (χ0n) is 11.0. The van der Waals surface area contributed by atoms with E-state index in [1.165, 1.54) is 37.4 Å². The van der Waals surface area contributed by atoms with Gasteiger partial charge in [0.15, 0.2) is 5.17 Å². The molecule has 2 bridgehead atoms. The van der Waals surface area contributed by atoms with Crippen molar-refractivity contribution in [3.05, 3.63) is 12.2 Å². The van der Waals surface area contributed by atoms with Gasteiger partial charge in [-0.1, -0.05) is 30.3 Å². The van der Waals surface area contributed by atoms with Gasteiger partial charge < -0.3 is 5.32 Å². The second-order valence-electron chi connectivity index (χ2n) is 6.06. The Morgan fingerprint density at radius 1 is 1.50 bits per heavy atom. The molecule has 1 heterocycles. The third kappa shape index (κ3) is 1.81. The van der Waals surface area contributed by atoms with E-state index in [0.717, 1.165) is 22.6 Å². The quantitative estimate of drug-likeness (QED) is 0.780. The molecule has 1 unspecified atom stereocenters. The SMILES string of the molecule is C=C(C)C1(C)SC(N[C@H]2C[C@@H]3CC[C@H]2C3)=NC1=O. The zero-order chi connectivity index (χ0) is 12.9. The first-order chi connectivity index (χ1) is 8.49. The highest BCUT2D eigenvalue weighted by Gasteiger charge is 2.45. The molecule has 2 saturated carbocycles. The zero-order valence-corrected chi connectivity index (χ0v) is 11.8. The third-order valence-electron chi connectivity index (χ3n) is 4.77. The number of nitrogens with one attached hydrogen (secondary N) is 1. The van der Waals surface area contributed by atoms with Crippen LogP contribution in [0.3, 0.4) is 0 Å². The van der Waals surface area contributed by atoms with Crippen molar-refractivity contribution in [1.29, 1.82) is 0 Å². The van der Waals surface area contributed by atoms with Gasteiger partial charge in [-0.05, 0) is 44.9 Å². The molecule has 1 amide bonds. The molecule has 3 nitrogen and oxygen atoms in total. The molecule has 1 aliphatic heterocycles. The van der Waals surface area contributed by atoms with Gasteiger partial charge in [0.25, 0.3) is 5.91 Å². The number of fused-ring (bicyclic) bond motifs is 2. The first-order valence-electron chi connectivity index (χ1n) is 6.73. The molecule has 3 rings (SSSR count). The van der Waals surface area contributed by atoms with Crippen LogP contribution >= 0.6 is 11.8 Å². The minimum absolute atomic E-state index is 0.0642. The molecule has 4 atom stereocenters. The largest absolute Gasteiger partial charge is 0.361 e. The van der Waals surface area contributed by atoms with Gasteiger partial charge in [0.2, 0.25) is 0 Å². The molecule has 2 fully saturated rings. The number of nitrogens with zero attached hydrogens (tertiary/aromatic N) is 1. The monoisotopic (exact) mass is 264 g/mol. The summed E-state index contributed by atoms with van der Waals surface area (Å²) in [5, 5.41) is 4.31. The average Bonchev–Trinajstić information content (AvgIpc) is 2.95. The lowest BCUT2D eigenvalue weighted by atomic mass is 9.96. The Labute approximate surface area is 113 Å². The second-order valence-corrected chi connectivity index (χ2v) is 7.47. The average molecular weight is 264 g/mol. The molecule has 4 heteroatoms. The summed E-state index contributed by atoms with van der Waals surface area (Å²) in [6, 6.07) is 0.537. The van der Waals surface area contributed by atoms with Crippen LogP contribution in [0, 0.1) is 11.8 Å². The number of amides is 1. The van der Waals surface area contributed by atoms with Crippen LogP contribution in [0.2, 0.25) is 0 Å². The lowest BCUT2D eigenvalue weighted by Crippen LogP contribution is -2.37. The highest BCUT2D eigenvalue weighted by molar-refractivity contribution is 8.16. The molecule has 0 aromatic carbocycles. The maximum atomic E-state index is 12.0. The predicted octanol–water partition coefficient (Wildman–Crippen LogP) is 2.73. The number of thioether (sulfide) groups is 1. The standard InChI is InChI=1S/C14H20N2OS/c1-8(2)14(3)12(17)16-13(18-14)15-11-7-9-4-5-10(11)6-9/h9-11H,1,4-7H2,2-3H3,(H,15,16,17)/t9-,10+,11+,14?/m1/s1. The Kier molecular flexibility index (Phi) is 2.81. The number of hydrogen-bond acceptors (Lipinski definition) is 3. The van der Waals surface area contributed by atoms with E-state index in [-0.39, 0.29) is 5.91 Å². The van der Waals surface area contributed by atoms with Crippen molar-refractivity contribution >= 4 is 22.8 Å². The molecule has 0 radical (unpaired) electrons. The van der Waals surface area contributed by atoms with Crippen LogP contribution < -0.4 is 5.32 Å². The maximum absolute atomic E-state index is 12.0. The highest BCUT2D eigenvalue weighted by atomic mass is 32.2. The van der Waals surface area contributed by atoms with Crippen molar-refractivity contribution in [2.45, 2.75) is 50.3 Å². The number of carbonyl (C=O) groups is 1. The van der Waals surface area contributed by atoms with Gasteiger partial charge in [0.1, 0.15) is 4.75 Å². The fraction of sp³-hybridized carbons (Fsp3) is 0.714. The topological polar surface area (TPSA) is 41.5 Å². The van der Waals surface area contributed by atoms with E-state index in [1.54, 1.807) is 0 Å². The van der Waals surface area contributed by atoms with Crippen LogP contribution in [-0.4, -0.2) is 21.9 Å². The minimum atomic E-state index is -0.556. The summed E-state index contributed by atoms with van der Waals surface area (Å²) in [4.78, 5) is 16.2. The van der Waals surface area contributed by atoms with Gasteiger partial charge in [-0.15, -0.1) is 0 Å². The first kappa shape index (κ1) is 12.3. The molecule has 3 aliphatic rings. The molecule has 0 aromatic rings. The van der Waals surface area contributed by atoms with Crippen molar-refractivity contribution in [2.24, 2.45) is 16.8 Å². The van der Waals surface area contributed by atoms with Crippen LogP contribution in [0.4, 0.5) is 0 Å². The van der Waals surface area contributed by atoms with Crippen LogP contribution in [0.25, 0.3) is 0 Å². The number of hydrogen-bond donors (Lipinski definition) is 1. The molecule has 2 aliphatic carbocycles. The van der Waals surface area contributed by atoms with Crippen molar-refractivity contribution in [3.8, 4) is 0 Å². The van der Waals surface area contributed by atoms with E-state index in [9.17, 15) is 4.79 Å². The lowest BCUT2D eigenvalue weighted by Gasteiger charge is -2.25. The lowest BCUT2D eigenvalue weighted by molar-refractivity contribution is -0.118. The van der Waals surface area contributed by atoms with Gasteiger partial charge in [-0.2, -0.15) is 4.99 Å². The van der Waals surface area contributed by atoms with Crippen LogP contribution in [-0.2, 0) is 4.79 Å². The number of aliphatic imine (C=N–C) groups is 1. The minimum Gasteiger partial charge on any atom is -0.361 e. The number of rotatable bonds is 2. The van der Waals surface area contributed by atoms with Crippen molar-refractivity contribution < 1.29 is 4.79 Å². The highest BCUT2D eigenvalue weighted by Crippen LogP contribution is 2.45. The normalized spacial score (nSPS) is 42.2. The second kappa shape index (κ2) is 4.12. The smallest absolute Gasteiger partial charge is 0.268 e. The summed E-state index contributed by atoms with van der Waals surface area (Å²) in [5.41, 5.74) is 0.881. The Morgan fingerprint density at radius 2 is 2.28 bits per heavy atom. The van der Waals surface area contributed by atoms with E-state index in [1.807, 2.05) is 13.8 Å². The summed E-state index contributed by atoms with van der Waals surface area (Å²) in [7, 11) is 0. The van der Waals surface area contributed by atoms with Gasteiger partial charge in [-0.3, -0.25) is 4.79 Å². The Bertz CT molecular complexity index is 445. The van der Waals surface area contributed by atoms with Gasteiger partial charge in [-0.25, -0.2) is 0 Å². The molecule has 0 spiro atoms. The summed E-state index contributed by atoms with van der Waals surface area (Å²) in [6.07, 6.45) is 5.35. The van der Waals surface area contributed by atoms with E-state index in [0.29, 0.717) is 6.04 Å². The fourth-order valence-electron chi connectivity index (χ4n) is 3.37. The van der Waals surface area contributed by atoms with Crippen LogP contribution in [0.15, 0.2) is 17.1 Å². The van der Waals surface area contributed by atoms with Gasteiger partial charge in [0.05, 0.1) is 0 Å². The van der Waals surface area contributed by atoms with Crippen LogP contribution in [0.1, 0.15) is 39.5 Å². The molecule has 1 N–H and O–H groups in total. The molecular weight excluding hydrogens is 244 g/mol. The summed E-state index contributed by atoms with van der Waals surface area (Å²) in [6.45, 7) is 7.74. The molecule has 98 valence electrons. The Morgan fingerprint density at radius 3 is 2.78 bits per heavy atom.